The molecule has 0 radical (unpaired) electrons. The van der Waals surface area contributed by atoms with Gasteiger partial charge in [-0.3, -0.25) is 9.59 Å². The van der Waals surface area contributed by atoms with E-state index in [0.717, 1.165) is 0 Å². The van der Waals surface area contributed by atoms with Gasteiger partial charge in [0.05, 0.1) is 0 Å². The smallest absolute Gasteiger partial charge is 0.220 e. The Labute approximate surface area is 118 Å². The Hall–Kier alpha value is -2.04. The van der Waals surface area contributed by atoms with Crippen LogP contribution >= 0.6 is 0 Å². The van der Waals surface area contributed by atoms with Gasteiger partial charge in [-0.25, -0.2) is 0 Å². The van der Waals surface area contributed by atoms with Gasteiger partial charge in [0.1, 0.15) is 13.2 Å². The lowest BCUT2D eigenvalue weighted by molar-refractivity contribution is -0.121. The fraction of sp³-hybridized carbons (Fsp3) is 0.467. The second-order valence-corrected chi connectivity index (χ2v) is 5.00. The van der Waals surface area contributed by atoms with Crippen LogP contribution < -0.4 is 14.8 Å². The summed E-state index contributed by atoms with van der Waals surface area (Å²) in [7, 11) is 0. The zero-order valence-electron chi connectivity index (χ0n) is 11.8. The van der Waals surface area contributed by atoms with Crippen LogP contribution in [0.2, 0.25) is 0 Å². The van der Waals surface area contributed by atoms with E-state index in [1.165, 1.54) is 0 Å². The van der Waals surface area contributed by atoms with E-state index in [1.807, 2.05) is 13.8 Å². The number of Topliss-reactive ketones (excluding diaryl/α,β-unsaturated/α-hetero) is 1. The van der Waals surface area contributed by atoms with Crippen molar-refractivity contribution in [2.24, 2.45) is 0 Å². The normalized spacial score (nSPS) is 13.2. The summed E-state index contributed by atoms with van der Waals surface area (Å²) in [5.74, 6) is 1.07. The molecule has 5 nitrogen and oxygen atoms in total. The maximum absolute atomic E-state index is 12.0. The van der Waals surface area contributed by atoms with Crippen LogP contribution in [-0.2, 0) is 4.79 Å². The Morgan fingerprint density at radius 1 is 1.15 bits per heavy atom. The fourth-order valence-electron chi connectivity index (χ4n) is 1.98. The molecule has 0 bridgehead atoms. The molecule has 0 aliphatic carbocycles. The quantitative estimate of drug-likeness (QED) is 0.835. The molecule has 0 unspecified atom stereocenters. The van der Waals surface area contributed by atoms with Crippen molar-refractivity contribution in [3.8, 4) is 11.5 Å². The van der Waals surface area contributed by atoms with Gasteiger partial charge in [-0.15, -0.1) is 0 Å². The molecule has 108 valence electrons. The molecule has 1 N–H and O–H groups in total. The van der Waals surface area contributed by atoms with Crippen LogP contribution in [0.15, 0.2) is 18.2 Å². The molecule has 1 aromatic rings. The second kappa shape index (κ2) is 6.41. The van der Waals surface area contributed by atoms with Crippen LogP contribution in [0, 0.1) is 0 Å². The predicted molar refractivity (Wildman–Crippen MR) is 74.3 cm³/mol. The van der Waals surface area contributed by atoms with Crippen LogP contribution in [-0.4, -0.2) is 30.9 Å². The standard InChI is InChI=1S/C15H19NO4/c1-10(2)16-15(18)6-4-12(17)11-3-5-13-14(9-11)20-8-7-19-13/h3,5,9-10H,4,6-8H2,1-2H3,(H,16,18). The molecule has 1 aromatic carbocycles. The molecular weight excluding hydrogens is 258 g/mol. The Morgan fingerprint density at radius 2 is 1.85 bits per heavy atom. The van der Waals surface area contributed by atoms with Crippen molar-refractivity contribution in [1.82, 2.24) is 5.32 Å². The Balaban J connectivity index is 1.94. The summed E-state index contributed by atoms with van der Waals surface area (Å²) in [6, 6.07) is 5.20. The monoisotopic (exact) mass is 277 g/mol. The molecule has 1 aliphatic heterocycles. The Morgan fingerprint density at radius 3 is 2.55 bits per heavy atom. The van der Waals surface area contributed by atoms with E-state index < -0.39 is 0 Å². The number of amides is 1. The van der Waals surface area contributed by atoms with Gasteiger partial charge in [0.25, 0.3) is 0 Å². The zero-order chi connectivity index (χ0) is 14.5. The van der Waals surface area contributed by atoms with Gasteiger partial charge in [0, 0.05) is 24.4 Å². The van der Waals surface area contributed by atoms with E-state index in [-0.39, 0.29) is 30.6 Å². The topological polar surface area (TPSA) is 64.6 Å². The number of benzene rings is 1. The third-order valence-corrected chi connectivity index (χ3v) is 2.89. The number of hydrogen-bond donors (Lipinski definition) is 1. The number of hydrogen-bond acceptors (Lipinski definition) is 4. The molecule has 2 rings (SSSR count). The molecule has 1 amide bonds. The highest BCUT2D eigenvalue weighted by Crippen LogP contribution is 2.31. The number of ether oxygens (including phenoxy) is 2. The number of rotatable bonds is 5. The average Bonchev–Trinajstić information content (AvgIpc) is 2.43. The summed E-state index contributed by atoms with van der Waals surface area (Å²) in [5.41, 5.74) is 0.548. The lowest BCUT2D eigenvalue weighted by Gasteiger charge is -2.18. The van der Waals surface area contributed by atoms with E-state index in [2.05, 4.69) is 5.32 Å². The van der Waals surface area contributed by atoms with E-state index in [0.29, 0.717) is 30.3 Å². The molecule has 1 aliphatic rings. The van der Waals surface area contributed by atoms with Crippen molar-refractivity contribution in [2.45, 2.75) is 32.7 Å². The third kappa shape index (κ3) is 3.73. The summed E-state index contributed by atoms with van der Waals surface area (Å²) in [4.78, 5) is 23.6. The van der Waals surface area contributed by atoms with Crippen LogP contribution in [0.5, 0.6) is 11.5 Å². The van der Waals surface area contributed by atoms with Gasteiger partial charge >= 0.3 is 0 Å². The summed E-state index contributed by atoms with van der Waals surface area (Å²) in [5, 5.41) is 2.76. The summed E-state index contributed by atoms with van der Waals surface area (Å²) in [6.45, 7) is 4.79. The zero-order valence-corrected chi connectivity index (χ0v) is 11.8. The van der Waals surface area contributed by atoms with Crippen LogP contribution in [0.3, 0.4) is 0 Å². The number of carbonyl (C=O) groups is 2. The summed E-state index contributed by atoms with van der Waals surface area (Å²) in [6.07, 6.45) is 0.393. The Bertz CT molecular complexity index is 511. The highest BCUT2D eigenvalue weighted by molar-refractivity contribution is 5.98. The van der Waals surface area contributed by atoms with Gasteiger partial charge in [0.2, 0.25) is 5.91 Å². The summed E-state index contributed by atoms with van der Waals surface area (Å²) >= 11 is 0. The first-order valence-corrected chi connectivity index (χ1v) is 6.78. The first-order chi connectivity index (χ1) is 9.56. The molecule has 0 aromatic heterocycles. The van der Waals surface area contributed by atoms with Gasteiger partial charge in [-0.1, -0.05) is 0 Å². The number of ketones is 1. The molecule has 20 heavy (non-hydrogen) atoms. The van der Waals surface area contributed by atoms with Crippen molar-refractivity contribution < 1.29 is 19.1 Å². The van der Waals surface area contributed by atoms with Crippen molar-refractivity contribution in [2.75, 3.05) is 13.2 Å². The fourth-order valence-corrected chi connectivity index (χ4v) is 1.98. The maximum atomic E-state index is 12.0. The van der Waals surface area contributed by atoms with Crippen LogP contribution in [0.1, 0.15) is 37.0 Å². The molecule has 0 saturated carbocycles. The number of fused-ring (bicyclic) bond motifs is 1. The highest BCUT2D eigenvalue weighted by Gasteiger charge is 2.15. The largest absolute Gasteiger partial charge is 0.486 e. The molecule has 0 fully saturated rings. The molecule has 0 spiro atoms. The summed E-state index contributed by atoms with van der Waals surface area (Å²) < 4.78 is 10.8. The molecular formula is C15H19NO4. The van der Waals surface area contributed by atoms with Crippen molar-refractivity contribution >= 4 is 11.7 Å². The SMILES string of the molecule is CC(C)NC(=O)CCC(=O)c1ccc2c(c1)OCCO2. The van der Waals surface area contributed by atoms with E-state index >= 15 is 0 Å². The van der Waals surface area contributed by atoms with E-state index in [4.69, 9.17) is 9.47 Å². The molecule has 0 saturated heterocycles. The minimum atomic E-state index is -0.106. The van der Waals surface area contributed by atoms with Crippen molar-refractivity contribution in [3.63, 3.8) is 0 Å². The number of carbonyl (C=O) groups excluding carboxylic acids is 2. The van der Waals surface area contributed by atoms with Crippen LogP contribution in [0.25, 0.3) is 0 Å². The first-order valence-electron chi connectivity index (χ1n) is 6.78. The highest BCUT2D eigenvalue weighted by atomic mass is 16.6. The van der Waals surface area contributed by atoms with Crippen molar-refractivity contribution in [3.05, 3.63) is 23.8 Å². The van der Waals surface area contributed by atoms with E-state index in [9.17, 15) is 9.59 Å². The average molecular weight is 277 g/mol. The second-order valence-electron chi connectivity index (χ2n) is 5.00. The van der Waals surface area contributed by atoms with Gasteiger partial charge in [-0.2, -0.15) is 0 Å². The van der Waals surface area contributed by atoms with Crippen molar-refractivity contribution in [1.29, 1.82) is 0 Å². The minimum absolute atomic E-state index is 0.0686. The first kappa shape index (κ1) is 14.4. The van der Waals surface area contributed by atoms with Gasteiger partial charge in [0.15, 0.2) is 17.3 Å². The molecule has 1 heterocycles. The lowest BCUT2D eigenvalue weighted by Crippen LogP contribution is -2.30. The Kier molecular flexibility index (Phi) is 4.61. The van der Waals surface area contributed by atoms with E-state index in [1.54, 1.807) is 18.2 Å². The predicted octanol–water partition coefficient (Wildman–Crippen LogP) is 1.95. The minimum Gasteiger partial charge on any atom is -0.486 e. The third-order valence-electron chi connectivity index (χ3n) is 2.89. The lowest BCUT2D eigenvalue weighted by atomic mass is 10.1. The van der Waals surface area contributed by atoms with Gasteiger partial charge in [-0.05, 0) is 32.0 Å². The van der Waals surface area contributed by atoms with Gasteiger partial charge < -0.3 is 14.8 Å². The van der Waals surface area contributed by atoms with Crippen LogP contribution in [0.4, 0.5) is 0 Å². The molecule has 5 heteroatoms. The number of nitrogens with one attached hydrogen (secondary N) is 1. The molecule has 0 atom stereocenters. The maximum Gasteiger partial charge on any atom is 0.220 e.